The smallest absolute Gasteiger partial charge is 0.343 e. The summed E-state index contributed by atoms with van der Waals surface area (Å²) >= 11 is 0. The van der Waals surface area contributed by atoms with Gasteiger partial charge in [-0.15, -0.1) is 6.58 Å². The molecule has 0 aliphatic heterocycles. The molecule has 0 unspecified atom stereocenters. The molecular formula is C31H36O4. The van der Waals surface area contributed by atoms with E-state index < -0.39 is 5.97 Å². The molecule has 3 rings (SSSR count). The van der Waals surface area contributed by atoms with Crippen LogP contribution in [-0.2, 0) is 0 Å². The van der Waals surface area contributed by atoms with Gasteiger partial charge in [0.15, 0.2) is 0 Å². The molecule has 4 heteroatoms. The van der Waals surface area contributed by atoms with Crippen LogP contribution >= 0.6 is 0 Å². The van der Waals surface area contributed by atoms with Crippen LogP contribution < -0.4 is 14.2 Å². The summed E-state index contributed by atoms with van der Waals surface area (Å²) in [5, 5.41) is 0. The van der Waals surface area contributed by atoms with Crippen LogP contribution in [-0.4, -0.2) is 19.2 Å². The molecule has 0 N–H and O–H groups in total. The molecule has 0 amide bonds. The quantitative estimate of drug-likeness (QED) is 0.0966. The van der Waals surface area contributed by atoms with Crippen LogP contribution in [0.4, 0.5) is 0 Å². The maximum Gasteiger partial charge on any atom is 0.343 e. The summed E-state index contributed by atoms with van der Waals surface area (Å²) in [6.07, 6.45) is 9.73. The number of unbranched alkanes of at least 4 members (excludes halogenated alkanes) is 5. The van der Waals surface area contributed by atoms with E-state index in [1.807, 2.05) is 54.6 Å². The standard InChI is InChI=1S/C31H36O4/c1-3-5-7-9-23-33-28-17-11-25(12-18-28)26-13-21-30(22-14-26)35-31(32)27-15-19-29(20-16-27)34-24-10-8-6-4-2/h4,11-22H,2-3,5-10,23-24H2,1H3. The minimum Gasteiger partial charge on any atom is -0.494 e. The van der Waals surface area contributed by atoms with Crippen LogP contribution in [0.5, 0.6) is 17.2 Å². The fourth-order valence-electron chi connectivity index (χ4n) is 3.61. The molecule has 0 saturated carbocycles. The van der Waals surface area contributed by atoms with Crippen molar-refractivity contribution >= 4 is 5.97 Å². The summed E-state index contributed by atoms with van der Waals surface area (Å²) < 4.78 is 17.1. The Labute approximate surface area is 209 Å². The van der Waals surface area contributed by atoms with Gasteiger partial charge in [0, 0.05) is 0 Å². The summed E-state index contributed by atoms with van der Waals surface area (Å²) in [7, 11) is 0. The number of ether oxygens (including phenoxy) is 3. The van der Waals surface area contributed by atoms with E-state index in [0.29, 0.717) is 17.9 Å². The van der Waals surface area contributed by atoms with Crippen LogP contribution in [0.2, 0.25) is 0 Å². The van der Waals surface area contributed by atoms with E-state index in [9.17, 15) is 4.79 Å². The van der Waals surface area contributed by atoms with Crippen LogP contribution in [0, 0.1) is 0 Å². The van der Waals surface area contributed by atoms with E-state index >= 15 is 0 Å². The Kier molecular flexibility index (Phi) is 10.9. The lowest BCUT2D eigenvalue weighted by molar-refractivity contribution is 0.0734. The highest BCUT2D eigenvalue weighted by Gasteiger charge is 2.09. The Morgan fingerprint density at radius 1 is 0.686 bits per heavy atom. The van der Waals surface area contributed by atoms with Gasteiger partial charge in [-0.3, -0.25) is 0 Å². The van der Waals surface area contributed by atoms with Crippen LogP contribution in [0.3, 0.4) is 0 Å². The van der Waals surface area contributed by atoms with Crippen molar-refractivity contribution in [2.75, 3.05) is 13.2 Å². The Hall–Kier alpha value is -3.53. The van der Waals surface area contributed by atoms with E-state index in [4.69, 9.17) is 14.2 Å². The van der Waals surface area contributed by atoms with Gasteiger partial charge in [0.1, 0.15) is 17.2 Å². The third kappa shape index (κ3) is 8.97. The Morgan fingerprint density at radius 3 is 1.74 bits per heavy atom. The summed E-state index contributed by atoms with van der Waals surface area (Å²) in [4.78, 5) is 12.5. The van der Waals surface area contributed by atoms with Gasteiger partial charge >= 0.3 is 5.97 Å². The highest BCUT2D eigenvalue weighted by Crippen LogP contribution is 2.25. The number of hydrogen-bond donors (Lipinski definition) is 0. The third-order valence-electron chi connectivity index (χ3n) is 5.68. The highest BCUT2D eigenvalue weighted by atomic mass is 16.5. The molecule has 0 aliphatic rings. The molecule has 0 aromatic heterocycles. The zero-order valence-electron chi connectivity index (χ0n) is 20.7. The first kappa shape index (κ1) is 26.1. The van der Waals surface area contributed by atoms with Crippen molar-refractivity contribution in [3.05, 3.63) is 91.0 Å². The molecule has 0 fully saturated rings. The highest BCUT2D eigenvalue weighted by molar-refractivity contribution is 5.91. The summed E-state index contributed by atoms with van der Waals surface area (Å²) in [6.45, 7) is 7.33. The zero-order chi connectivity index (χ0) is 24.7. The maximum atomic E-state index is 12.5. The summed E-state index contributed by atoms with van der Waals surface area (Å²) in [5.74, 6) is 1.75. The average molecular weight is 473 g/mol. The van der Waals surface area contributed by atoms with Gasteiger partial charge in [-0.05, 0) is 85.3 Å². The third-order valence-corrected chi connectivity index (χ3v) is 5.68. The molecular weight excluding hydrogens is 436 g/mol. The zero-order valence-corrected chi connectivity index (χ0v) is 20.7. The van der Waals surface area contributed by atoms with Crippen molar-refractivity contribution in [1.82, 2.24) is 0 Å². The van der Waals surface area contributed by atoms with E-state index in [0.717, 1.165) is 54.9 Å². The van der Waals surface area contributed by atoms with Crippen molar-refractivity contribution in [3.63, 3.8) is 0 Å². The number of esters is 1. The number of carbonyl (C=O) groups is 1. The lowest BCUT2D eigenvalue weighted by atomic mass is 10.1. The number of allylic oxidation sites excluding steroid dienone is 1. The second-order valence-electron chi connectivity index (χ2n) is 8.50. The minimum atomic E-state index is -0.393. The molecule has 35 heavy (non-hydrogen) atoms. The molecule has 4 nitrogen and oxygen atoms in total. The van der Waals surface area contributed by atoms with Crippen LogP contribution in [0.1, 0.15) is 62.2 Å². The molecule has 0 spiro atoms. The maximum absolute atomic E-state index is 12.5. The first-order valence-corrected chi connectivity index (χ1v) is 12.6. The lowest BCUT2D eigenvalue weighted by Gasteiger charge is -2.09. The van der Waals surface area contributed by atoms with Crippen LogP contribution in [0.15, 0.2) is 85.5 Å². The monoisotopic (exact) mass is 472 g/mol. The molecule has 184 valence electrons. The Bertz CT molecular complexity index is 1020. The topological polar surface area (TPSA) is 44.8 Å². The van der Waals surface area contributed by atoms with Gasteiger partial charge in [0.25, 0.3) is 0 Å². The van der Waals surface area contributed by atoms with Crippen LogP contribution in [0.25, 0.3) is 11.1 Å². The number of carbonyl (C=O) groups excluding carboxylic acids is 1. The minimum absolute atomic E-state index is 0.393. The van der Waals surface area contributed by atoms with E-state index in [1.54, 1.807) is 24.3 Å². The molecule has 0 radical (unpaired) electrons. The van der Waals surface area contributed by atoms with Crippen molar-refractivity contribution in [2.24, 2.45) is 0 Å². The number of rotatable bonds is 15. The fraction of sp³-hybridized carbons (Fsp3) is 0.323. The van der Waals surface area contributed by atoms with Gasteiger partial charge in [0.2, 0.25) is 0 Å². The van der Waals surface area contributed by atoms with Gasteiger partial charge in [-0.2, -0.15) is 0 Å². The van der Waals surface area contributed by atoms with E-state index in [2.05, 4.69) is 13.5 Å². The van der Waals surface area contributed by atoms with Gasteiger partial charge in [-0.1, -0.05) is 56.5 Å². The van der Waals surface area contributed by atoms with E-state index in [1.165, 1.54) is 19.3 Å². The molecule has 0 aliphatic carbocycles. The average Bonchev–Trinajstić information content (AvgIpc) is 2.90. The predicted octanol–water partition coefficient (Wildman–Crippen LogP) is 8.27. The predicted molar refractivity (Wildman–Crippen MR) is 142 cm³/mol. The second-order valence-corrected chi connectivity index (χ2v) is 8.50. The fourth-order valence-corrected chi connectivity index (χ4v) is 3.61. The van der Waals surface area contributed by atoms with Crippen molar-refractivity contribution in [3.8, 4) is 28.4 Å². The van der Waals surface area contributed by atoms with Gasteiger partial charge in [0.05, 0.1) is 18.8 Å². The SMILES string of the molecule is C=CCCCCOc1ccc(C(=O)Oc2ccc(-c3ccc(OCCCCCC)cc3)cc2)cc1. The lowest BCUT2D eigenvalue weighted by Crippen LogP contribution is -2.08. The molecule has 0 heterocycles. The van der Waals surface area contributed by atoms with Gasteiger partial charge in [-0.25, -0.2) is 4.79 Å². The number of benzene rings is 3. The second kappa shape index (κ2) is 14.7. The van der Waals surface area contributed by atoms with Crippen molar-refractivity contribution in [1.29, 1.82) is 0 Å². The Morgan fingerprint density at radius 2 is 1.20 bits per heavy atom. The van der Waals surface area contributed by atoms with Crippen molar-refractivity contribution < 1.29 is 19.0 Å². The first-order chi connectivity index (χ1) is 17.2. The van der Waals surface area contributed by atoms with E-state index in [-0.39, 0.29) is 0 Å². The van der Waals surface area contributed by atoms with Gasteiger partial charge < -0.3 is 14.2 Å². The van der Waals surface area contributed by atoms with Crippen molar-refractivity contribution in [2.45, 2.75) is 51.9 Å². The molecule has 0 bridgehead atoms. The summed E-state index contributed by atoms with van der Waals surface area (Å²) in [6, 6.07) is 22.7. The largest absolute Gasteiger partial charge is 0.494 e. The molecule has 3 aromatic carbocycles. The first-order valence-electron chi connectivity index (χ1n) is 12.6. The molecule has 3 aromatic rings. The normalized spacial score (nSPS) is 10.5. The number of hydrogen-bond acceptors (Lipinski definition) is 4. The Balaban J connectivity index is 1.47. The molecule has 0 atom stereocenters. The summed E-state index contributed by atoms with van der Waals surface area (Å²) in [5.41, 5.74) is 2.62. The molecule has 0 saturated heterocycles.